The first-order chi connectivity index (χ1) is 16.2. The van der Waals surface area contributed by atoms with E-state index in [0.29, 0.717) is 17.9 Å². The summed E-state index contributed by atoms with van der Waals surface area (Å²) in [5, 5.41) is 7.04. The Kier molecular flexibility index (Phi) is 6.90. The largest absolute Gasteiger partial charge is 0.381 e. The lowest BCUT2D eigenvalue weighted by Crippen LogP contribution is -2.32. The number of allylic oxidation sites excluding steroid dienone is 2. The zero-order valence-corrected chi connectivity index (χ0v) is 19.3. The molecule has 0 saturated carbocycles. The molecule has 4 heterocycles. The van der Waals surface area contributed by atoms with Crippen molar-refractivity contribution >= 4 is 23.1 Å². The summed E-state index contributed by atoms with van der Waals surface area (Å²) in [4.78, 5) is 11.4. The van der Waals surface area contributed by atoms with Crippen molar-refractivity contribution in [1.82, 2.24) is 20.2 Å². The van der Waals surface area contributed by atoms with Crippen molar-refractivity contribution < 1.29 is 9.13 Å². The van der Waals surface area contributed by atoms with Crippen LogP contribution in [0, 0.1) is 11.7 Å². The second-order valence-corrected chi connectivity index (χ2v) is 9.25. The Labute approximate surface area is 198 Å². The molecule has 2 fully saturated rings. The summed E-state index contributed by atoms with van der Waals surface area (Å²) in [7, 11) is 0. The monoisotopic (exact) mass is 469 g/mol. The maximum atomic E-state index is 14.3. The molecule has 0 radical (unpaired) electrons. The van der Waals surface area contributed by atoms with Crippen molar-refractivity contribution in [2.75, 3.05) is 38.2 Å². The maximum absolute atomic E-state index is 14.3. The molecule has 3 aliphatic heterocycles. The van der Waals surface area contributed by atoms with Gasteiger partial charge >= 0.3 is 0 Å². The fraction of sp³-hybridized carbons (Fsp3) is 0.440. The molecule has 5 rings (SSSR count). The van der Waals surface area contributed by atoms with Crippen molar-refractivity contribution in [2.45, 2.75) is 31.3 Å². The highest BCUT2D eigenvalue weighted by molar-refractivity contribution is 6.30. The Hall–Kier alpha value is -2.48. The Morgan fingerprint density at radius 2 is 2.09 bits per heavy atom. The molecule has 6 nitrogen and oxygen atoms in total. The number of aromatic nitrogens is 2. The third kappa shape index (κ3) is 5.21. The van der Waals surface area contributed by atoms with Crippen LogP contribution >= 0.6 is 11.6 Å². The molecule has 1 aromatic heterocycles. The Balaban J connectivity index is 1.32. The lowest BCUT2D eigenvalue weighted by atomic mass is 9.90. The number of halogens is 2. The minimum absolute atomic E-state index is 0.0805. The Bertz CT molecular complexity index is 1030. The standard InChI is InChI=1S/C25H29ClFN5O/c26-21-2-1-18(15-22(21)27)24(19-3-9-28-16-19)32-11-5-17(6-12-32)23-4-10-29-25(31-23)30-20-7-13-33-14-8-20/h1-2,4-6,10-11,15,19-20,24,28H,3,7-9,12-14,16H2,(H,29,30,31)/t19-,24?/m1/s1. The summed E-state index contributed by atoms with van der Waals surface area (Å²) in [5.74, 6) is 0.690. The molecular weight excluding hydrogens is 441 g/mol. The molecule has 2 aromatic rings. The quantitative estimate of drug-likeness (QED) is 0.653. The topological polar surface area (TPSA) is 62.3 Å². The number of ether oxygens (including phenoxy) is 1. The third-order valence-corrected chi connectivity index (χ3v) is 6.97. The van der Waals surface area contributed by atoms with Crippen molar-refractivity contribution in [3.05, 3.63) is 70.9 Å². The molecule has 33 heavy (non-hydrogen) atoms. The van der Waals surface area contributed by atoms with Crippen LogP contribution in [-0.4, -0.2) is 53.8 Å². The van der Waals surface area contributed by atoms with E-state index in [1.807, 2.05) is 12.1 Å². The van der Waals surface area contributed by atoms with Crippen molar-refractivity contribution in [3.63, 3.8) is 0 Å². The molecule has 3 aliphatic rings. The van der Waals surface area contributed by atoms with Gasteiger partial charge in [-0.3, -0.25) is 0 Å². The van der Waals surface area contributed by atoms with Gasteiger partial charge in [-0.25, -0.2) is 14.4 Å². The maximum Gasteiger partial charge on any atom is 0.223 e. The third-order valence-electron chi connectivity index (χ3n) is 6.66. The summed E-state index contributed by atoms with van der Waals surface area (Å²) in [6, 6.07) is 7.55. The van der Waals surface area contributed by atoms with Gasteiger partial charge in [-0.2, -0.15) is 0 Å². The van der Waals surface area contributed by atoms with E-state index in [9.17, 15) is 4.39 Å². The van der Waals surface area contributed by atoms with Gasteiger partial charge in [0.25, 0.3) is 0 Å². The van der Waals surface area contributed by atoms with Crippen LogP contribution in [0.4, 0.5) is 10.3 Å². The van der Waals surface area contributed by atoms with E-state index in [4.69, 9.17) is 21.3 Å². The van der Waals surface area contributed by atoms with Crippen molar-refractivity contribution in [3.8, 4) is 0 Å². The van der Waals surface area contributed by atoms with Crippen LogP contribution in [0.2, 0.25) is 5.02 Å². The minimum Gasteiger partial charge on any atom is -0.381 e. The number of hydrogen-bond donors (Lipinski definition) is 2. The number of nitrogens with one attached hydrogen (secondary N) is 2. The SMILES string of the molecule is Fc1cc(C([C@@H]2CCNC2)N2C=CC(c3ccnc(NC4CCOCC4)n3)=CC2)ccc1Cl. The van der Waals surface area contributed by atoms with E-state index in [2.05, 4.69) is 38.9 Å². The molecule has 174 valence electrons. The van der Waals surface area contributed by atoms with Gasteiger partial charge in [-0.15, -0.1) is 0 Å². The molecule has 2 atom stereocenters. The van der Waals surface area contributed by atoms with E-state index in [-0.39, 0.29) is 16.9 Å². The van der Waals surface area contributed by atoms with Gasteiger partial charge in [0.1, 0.15) is 5.82 Å². The highest BCUT2D eigenvalue weighted by Gasteiger charge is 2.31. The first kappa shape index (κ1) is 22.3. The number of nitrogens with zero attached hydrogens (tertiary/aromatic N) is 3. The molecular formula is C25H29ClFN5O. The number of rotatable bonds is 6. The van der Waals surface area contributed by atoms with Crippen LogP contribution < -0.4 is 10.6 Å². The second-order valence-electron chi connectivity index (χ2n) is 8.84. The first-order valence-electron chi connectivity index (χ1n) is 11.6. The zero-order chi connectivity index (χ0) is 22.6. The minimum atomic E-state index is -0.368. The van der Waals surface area contributed by atoms with Gasteiger partial charge in [-0.05, 0) is 67.1 Å². The summed E-state index contributed by atoms with van der Waals surface area (Å²) in [5.41, 5.74) is 2.92. The van der Waals surface area contributed by atoms with E-state index < -0.39 is 0 Å². The smallest absolute Gasteiger partial charge is 0.223 e. The average Bonchev–Trinajstić information content (AvgIpc) is 3.37. The predicted molar refractivity (Wildman–Crippen MR) is 128 cm³/mol. The predicted octanol–water partition coefficient (Wildman–Crippen LogP) is 4.42. The zero-order valence-electron chi connectivity index (χ0n) is 18.5. The van der Waals surface area contributed by atoms with Crippen molar-refractivity contribution in [2.24, 2.45) is 5.92 Å². The van der Waals surface area contributed by atoms with Gasteiger partial charge in [-0.1, -0.05) is 23.7 Å². The van der Waals surface area contributed by atoms with Gasteiger partial charge in [0.15, 0.2) is 0 Å². The van der Waals surface area contributed by atoms with Gasteiger partial charge in [0.2, 0.25) is 5.95 Å². The van der Waals surface area contributed by atoms with Crippen LogP contribution in [0.25, 0.3) is 5.57 Å². The Morgan fingerprint density at radius 3 is 2.82 bits per heavy atom. The van der Waals surface area contributed by atoms with E-state index in [1.165, 1.54) is 0 Å². The highest BCUT2D eigenvalue weighted by Crippen LogP contribution is 2.36. The molecule has 2 N–H and O–H groups in total. The molecule has 2 saturated heterocycles. The lowest BCUT2D eigenvalue weighted by molar-refractivity contribution is 0.0903. The van der Waals surface area contributed by atoms with Crippen LogP contribution in [0.15, 0.2) is 48.8 Å². The average molecular weight is 470 g/mol. The normalized spacial score (nSPS) is 22.3. The fourth-order valence-electron chi connectivity index (χ4n) is 4.90. The molecule has 0 bridgehead atoms. The van der Waals surface area contributed by atoms with Crippen LogP contribution in [0.1, 0.15) is 36.6 Å². The van der Waals surface area contributed by atoms with E-state index >= 15 is 0 Å². The van der Waals surface area contributed by atoms with Gasteiger partial charge in [0.05, 0.1) is 16.8 Å². The lowest BCUT2D eigenvalue weighted by Gasteiger charge is -2.36. The van der Waals surface area contributed by atoms with Crippen LogP contribution in [0.5, 0.6) is 0 Å². The summed E-state index contributed by atoms with van der Waals surface area (Å²) in [6.07, 6.45) is 11.2. The van der Waals surface area contributed by atoms with Crippen molar-refractivity contribution in [1.29, 1.82) is 0 Å². The molecule has 8 heteroatoms. The van der Waals surface area contributed by atoms with E-state index in [1.54, 1.807) is 18.3 Å². The molecule has 0 aliphatic carbocycles. The molecule has 1 unspecified atom stereocenters. The summed E-state index contributed by atoms with van der Waals surface area (Å²) >= 11 is 5.94. The van der Waals surface area contributed by atoms with Gasteiger partial charge < -0.3 is 20.3 Å². The fourth-order valence-corrected chi connectivity index (χ4v) is 5.01. The second kappa shape index (κ2) is 10.2. The van der Waals surface area contributed by atoms with E-state index in [0.717, 1.165) is 68.9 Å². The molecule has 0 spiro atoms. The first-order valence-corrected chi connectivity index (χ1v) is 12.0. The molecule has 0 amide bonds. The van der Waals surface area contributed by atoms with Crippen LogP contribution in [0.3, 0.4) is 0 Å². The van der Waals surface area contributed by atoms with Crippen LogP contribution in [-0.2, 0) is 4.74 Å². The number of hydrogen-bond acceptors (Lipinski definition) is 6. The number of anilines is 1. The summed E-state index contributed by atoms with van der Waals surface area (Å²) in [6.45, 7) is 4.18. The summed E-state index contributed by atoms with van der Waals surface area (Å²) < 4.78 is 19.7. The highest BCUT2D eigenvalue weighted by atomic mass is 35.5. The van der Waals surface area contributed by atoms with Gasteiger partial charge in [0, 0.05) is 44.7 Å². The molecule has 1 aromatic carbocycles. The Morgan fingerprint density at radius 1 is 1.21 bits per heavy atom. The number of benzene rings is 1.